The van der Waals surface area contributed by atoms with Crippen LogP contribution in [0.2, 0.25) is 0 Å². The van der Waals surface area contributed by atoms with Crippen LogP contribution >= 0.6 is 0 Å². The molecule has 2 saturated heterocycles. The van der Waals surface area contributed by atoms with Crippen molar-refractivity contribution in [3.63, 3.8) is 0 Å². The second kappa shape index (κ2) is 12.1. The molecular formula is C29H39N5O3. The van der Waals surface area contributed by atoms with Crippen LogP contribution in [-0.4, -0.2) is 66.9 Å². The predicted octanol–water partition coefficient (Wildman–Crippen LogP) is 4.96. The molecule has 0 bridgehead atoms. The molecule has 0 saturated carbocycles. The first kappa shape index (κ1) is 26.5. The Bertz CT molecular complexity index is 1120. The molecule has 2 heterocycles. The molecule has 2 N–H and O–H groups in total. The first-order valence-corrected chi connectivity index (χ1v) is 13.4. The highest BCUT2D eigenvalue weighted by atomic mass is 16.2. The Kier molecular flexibility index (Phi) is 8.69. The monoisotopic (exact) mass is 505 g/mol. The van der Waals surface area contributed by atoms with E-state index in [-0.39, 0.29) is 23.8 Å². The summed E-state index contributed by atoms with van der Waals surface area (Å²) in [6.07, 6.45) is 3.61. The van der Waals surface area contributed by atoms with Gasteiger partial charge >= 0.3 is 6.03 Å². The summed E-state index contributed by atoms with van der Waals surface area (Å²) in [5.74, 6) is 0.217. The van der Waals surface area contributed by atoms with E-state index in [0.29, 0.717) is 43.9 Å². The van der Waals surface area contributed by atoms with Crippen molar-refractivity contribution in [1.29, 1.82) is 0 Å². The van der Waals surface area contributed by atoms with Gasteiger partial charge in [-0.2, -0.15) is 0 Å². The quantitative estimate of drug-likeness (QED) is 0.581. The Hall–Kier alpha value is -3.55. The van der Waals surface area contributed by atoms with Crippen molar-refractivity contribution < 1.29 is 14.4 Å². The summed E-state index contributed by atoms with van der Waals surface area (Å²) in [5, 5.41) is 5.95. The Labute approximate surface area is 220 Å². The van der Waals surface area contributed by atoms with Crippen molar-refractivity contribution in [2.24, 2.45) is 5.92 Å². The van der Waals surface area contributed by atoms with Gasteiger partial charge < -0.3 is 25.3 Å². The van der Waals surface area contributed by atoms with Crippen LogP contribution in [0, 0.1) is 12.8 Å². The summed E-state index contributed by atoms with van der Waals surface area (Å²) < 4.78 is 0. The first-order valence-electron chi connectivity index (χ1n) is 13.4. The van der Waals surface area contributed by atoms with E-state index in [1.165, 1.54) is 0 Å². The molecule has 4 rings (SSSR count). The van der Waals surface area contributed by atoms with Crippen LogP contribution in [0.1, 0.15) is 55.5 Å². The summed E-state index contributed by atoms with van der Waals surface area (Å²) in [5.41, 5.74) is 4.00. The number of hydrogen-bond acceptors (Lipinski definition) is 4. The van der Waals surface area contributed by atoms with E-state index in [1.54, 1.807) is 0 Å². The van der Waals surface area contributed by atoms with Crippen LogP contribution in [0.15, 0.2) is 42.5 Å². The highest BCUT2D eigenvalue weighted by Crippen LogP contribution is 2.28. The maximum Gasteiger partial charge on any atom is 0.321 e. The summed E-state index contributed by atoms with van der Waals surface area (Å²) in [6, 6.07) is 13.3. The highest BCUT2D eigenvalue weighted by Gasteiger charge is 2.27. The third kappa shape index (κ3) is 7.02. The molecule has 0 aromatic heterocycles. The summed E-state index contributed by atoms with van der Waals surface area (Å²) in [7, 11) is 0. The molecule has 2 aromatic rings. The summed E-state index contributed by atoms with van der Waals surface area (Å²) >= 11 is 0. The van der Waals surface area contributed by atoms with Crippen LogP contribution in [-0.2, 0) is 4.79 Å². The van der Waals surface area contributed by atoms with Crippen LogP contribution in [0.4, 0.5) is 21.9 Å². The number of amides is 4. The van der Waals surface area contributed by atoms with Crippen LogP contribution in [0.5, 0.6) is 0 Å². The van der Waals surface area contributed by atoms with Crippen LogP contribution < -0.4 is 15.5 Å². The largest absolute Gasteiger partial charge is 0.367 e. The van der Waals surface area contributed by atoms with E-state index in [0.717, 1.165) is 49.3 Å². The lowest BCUT2D eigenvalue weighted by Gasteiger charge is -2.37. The zero-order chi connectivity index (χ0) is 26.4. The maximum absolute atomic E-state index is 13.6. The van der Waals surface area contributed by atoms with Crippen molar-refractivity contribution in [1.82, 2.24) is 9.80 Å². The van der Waals surface area contributed by atoms with Gasteiger partial charge in [0.05, 0.1) is 5.56 Å². The van der Waals surface area contributed by atoms with Gasteiger partial charge in [0.1, 0.15) is 0 Å². The number of carbonyl (C=O) groups is 3. The highest BCUT2D eigenvalue weighted by molar-refractivity contribution is 6.02. The van der Waals surface area contributed by atoms with Crippen LogP contribution in [0.3, 0.4) is 0 Å². The number of aryl methyl sites for hydroxylation is 1. The number of anilines is 3. The average molecular weight is 506 g/mol. The Balaban J connectivity index is 1.48. The van der Waals surface area contributed by atoms with Gasteiger partial charge in [-0.05, 0) is 68.0 Å². The number of benzene rings is 2. The minimum absolute atomic E-state index is 0.00859. The van der Waals surface area contributed by atoms with Gasteiger partial charge in [-0.3, -0.25) is 9.59 Å². The fraction of sp³-hybridized carbons (Fsp3) is 0.483. The van der Waals surface area contributed by atoms with E-state index in [2.05, 4.69) is 15.5 Å². The molecule has 4 amide bonds. The number of piperidine rings is 1. The van der Waals surface area contributed by atoms with E-state index in [4.69, 9.17) is 0 Å². The lowest BCUT2D eigenvalue weighted by molar-refractivity contribution is -0.116. The number of carbonyl (C=O) groups excluding carboxylic acids is 3. The SMILES string of the molecule is Cc1cccc(NC(=O)N2CCN(c3ccc(NC(=O)CC(C)C)cc3C(=O)N3CCCCC3)CC2)c1. The molecule has 0 radical (unpaired) electrons. The Morgan fingerprint density at radius 1 is 0.811 bits per heavy atom. The standard InChI is InChI=1S/C29H39N5O3/c1-21(2)18-27(35)30-24-10-11-26(25(20-24)28(36)33-12-5-4-6-13-33)32-14-16-34(17-15-32)29(37)31-23-9-7-8-22(3)19-23/h7-11,19-21H,4-6,12-18H2,1-3H3,(H,30,35)(H,31,37). The van der Waals surface area contributed by atoms with Crippen molar-refractivity contribution in [2.75, 3.05) is 54.8 Å². The van der Waals surface area contributed by atoms with Gasteiger partial charge in [-0.1, -0.05) is 26.0 Å². The number of nitrogens with one attached hydrogen (secondary N) is 2. The topological polar surface area (TPSA) is 85.0 Å². The Morgan fingerprint density at radius 2 is 1.51 bits per heavy atom. The fourth-order valence-electron chi connectivity index (χ4n) is 4.99. The number of likely N-dealkylation sites (tertiary alicyclic amines) is 1. The van der Waals surface area contributed by atoms with Gasteiger partial charge in [0.25, 0.3) is 5.91 Å². The lowest BCUT2D eigenvalue weighted by atomic mass is 10.0. The lowest BCUT2D eigenvalue weighted by Crippen LogP contribution is -2.50. The average Bonchev–Trinajstić information content (AvgIpc) is 2.88. The smallest absolute Gasteiger partial charge is 0.321 e. The zero-order valence-electron chi connectivity index (χ0n) is 22.3. The molecule has 8 nitrogen and oxygen atoms in total. The van der Waals surface area contributed by atoms with Gasteiger partial charge in [0.2, 0.25) is 5.91 Å². The number of hydrogen-bond donors (Lipinski definition) is 2. The number of nitrogens with zero attached hydrogens (tertiary/aromatic N) is 3. The summed E-state index contributed by atoms with van der Waals surface area (Å²) in [6.45, 7) is 9.90. The molecule has 0 unspecified atom stereocenters. The molecule has 0 atom stereocenters. The van der Waals surface area contributed by atoms with Crippen molar-refractivity contribution >= 4 is 34.9 Å². The molecule has 2 fully saturated rings. The number of rotatable bonds is 6. The maximum atomic E-state index is 13.6. The van der Waals surface area contributed by atoms with Crippen molar-refractivity contribution in [3.05, 3.63) is 53.6 Å². The van der Waals surface area contributed by atoms with Gasteiger partial charge in [-0.15, -0.1) is 0 Å². The molecule has 198 valence electrons. The predicted molar refractivity (Wildman–Crippen MR) is 148 cm³/mol. The van der Waals surface area contributed by atoms with E-state index in [9.17, 15) is 14.4 Å². The molecule has 0 spiro atoms. The molecule has 2 aromatic carbocycles. The minimum atomic E-state index is -0.113. The molecule has 0 aliphatic carbocycles. The van der Waals surface area contributed by atoms with Crippen molar-refractivity contribution in [3.8, 4) is 0 Å². The zero-order valence-corrected chi connectivity index (χ0v) is 22.3. The molecular weight excluding hydrogens is 466 g/mol. The third-order valence-electron chi connectivity index (χ3n) is 6.92. The summed E-state index contributed by atoms with van der Waals surface area (Å²) in [4.78, 5) is 44.7. The van der Waals surface area contributed by atoms with E-state index < -0.39 is 0 Å². The van der Waals surface area contributed by atoms with E-state index >= 15 is 0 Å². The first-order chi connectivity index (χ1) is 17.8. The fourth-order valence-corrected chi connectivity index (χ4v) is 4.99. The van der Waals surface area contributed by atoms with Gasteiger partial charge in [0.15, 0.2) is 0 Å². The molecule has 8 heteroatoms. The molecule has 37 heavy (non-hydrogen) atoms. The van der Waals surface area contributed by atoms with Crippen molar-refractivity contribution in [2.45, 2.75) is 46.5 Å². The van der Waals surface area contributed by atoms with Gasteiger partial charge in [-0.25, -0.2) is 4.79 Å². The molecule has 2 aliphatic rings. The second-order valence-electron chi connectivity index (χ2n) is 10.5. The van der Waals surface area contributed by atoms with Gasteiger partial charge in [0, 0.05) is 62.8 Å². The van der Waals surface area contributed by atoms with Crippen LogP contribution in [0.25, 0.3) is 0 Å². The third-order valence-corrected chi connectivity index (χ3v) is 6.92. The van der Waals surface area contributed by atoms with E-state index in [1.807, 2.05) is 73.0 Å². The Morgan fingerprint density at radius 3 is 2.19 bits per heavy atom. The second-order valence-corrected chi connectivity index (χ2v) is 10.5. The number of piperazine rings is 1. The molecule has 2 aliphatic heterocycles. The number of urea groups is 1. The minimum Gasteiger partial charge on any atom is -0.367 e. The normalized spacial score (nSPS) is 16.1.